The summed E-state index contributed by atoms with van der Waals surface area (Å²) in [5.74, 6) is 0.821. The number of aryl methyl sites for hydroxylation is 1. The first-order chi connectivity index (χ1) is 7.34. The summed E-state index contributed by atoms with van der Waals surface area (Å²) in [7, 11) is 0. The zero-order valence-corrected chi connectivity index (χ0v) is 9.98. The van der Waals surface area contributed by atoms with Crippen LogP contribution in [0.2, 0.25) is 0 Å². The van der Waals surface area contributed by atoms with Gasteiger partial charge in [-0.1, -0.05) is 0 Å². The van der Waals surface area contributed by atoms with Crippen LogP contribution in [0.3, 0.4) is 0 Å². The van der Waals surface area contributed by atoms with E-state index in [1.54, 1.807) is 11.3 Å². The topological polar surface area (TPSA) is 34.1 Å². The largest absolute Gasteiger partial charge is 0.375 e. The Morgan fingerprint density at radius 2 is 2.60 bits per heavy atom. The number of nitrogens with zero attached hydrogens (tertiary/aromatic N) is 1. The van der Waals surface area contributed by atoms with Crippen molar-refractivity contribution >= 4 is 11.3 Å². The molecule has 1 saturated heterocycles. The van der Waals surface area contributed by atoms with E-state index >= 15 is 0 Å². The van der Waals surface area contributed by atoms with Gasteiger partial charge in [-0.2, -0.15) is 0 Å². The van der Waals surface area contributed by atoms with Crippen molar-refractivity contribution in [1.82, 2.24) is 10.3 Å². The fourth-order valence-corrected chi connectivity index (χ4v) is 2.46. The van der Waals surface area contributed by atoms with E-state index < -0.39 is 0 Å². The molecule has 1 aromatic heterocycles. The molecule has 0 amide bonds. The third-order valence-electron chi connectivity index (χ3n) is 2.75. The molecule has 1 aliphatic rings. The molecule has 1 atom stereocenters. The zero-order valence-electron chi connectivity index (χ0n) is 9.16. The van der Waals surface area contributed by atoms with E-state index in [9.17, 15) is 0 Å². The van der Waals surface area contributed by atoms with Crippen LogP contribution in [0.1, 0.15) is 23.5 Å². The SMILES string of the molecule is Cc1nc(COCCC2CCNC2)cs1. The lowest BCUT2D eigenvalue weighted by molar-refractivity contribution is 0.107. The molecule has 1 fully saturated rings. The van der Waals surface area contributed by atoms with Gasteiger partial charge in [0, 0.05) is 12.0 Å². The summed E-state index contributed by atoms with van der Waals surface area (Å²) in [6, 6.07) is 0. The normalized spacial score (nSPS) is 21.0. The first kappa shape index (κ1) is 11.0. The zero-order chi connectivity index (χ0) is 10.5. The third kappa shape index (κ3) is 3.55. The molecule has 1 aliphatic heterocycles. The molecule has 0 aromatic carbocycles. The average Bonchev–Trinajstić information content (AvgIpc) is 2.84. The van der Waals surface area contributed by atoms with Gasteiger partial charge in [0.25, 0.3) is 0 Å². The molecule has 2 rings (SSSR count). The number of rotatable bonds is 5. The highest BCUT2D eigenvalue weighted by Gasteiger charge is 2.13. The van der Waals surface area contributed by atoms with Crippen molar-refractivity contribution in [2.75, 3.05) is 19.7 Å². The summed E-state index contributed by atoms with van der Waals surface area (Å²) >= 11 is 1.69. The van der Waals surface area contributed by atoms with Crippen molar-refractivity contribution in [3.8, 4) is 0 Å². The first-order valence-electron chi connectivity index (χ1n) is 5.54. The van der Waals surface area contributed by atoms with E-state index in [4.69, 9.17) is 4.74 Å². The minimum absolute atomic E-state index is 0.671. The van der Waals surface area contributed by atoms with Crippen molar-refractivity contribution in [1.29, 1.82) is 0 Å². The Morgan fingerprint density at radius 3 is 3.27 bits per heavy atom. The Bertz CT molecular complexity index is 295. The molecular formula is C11H18N2OS. The van der Waals surface area contributed by atoms with Crippen molar-refractivity contribution < 1.29 is 4.74 Å². The Hall–Kier alpha value is -0.450. The standard InChI is InChI=1S/C11H18N2OS/c1-9-13-11(8-15-9)7-14-5-3-10-2-4-12-6-10/h8,10,12H,2-7H2,1H3. The van der Waals surface area contributed by atoms with E-state index in [-0.39, 0.29) is 0 Å². The summed E-state index contributed by atoms with van der Waals surface area (Å²) in [5, 5.41) is 6.56. The number of hydrogen-bond acceptors (Lipinski definition) is 4. The molecule has 1 unspecified atom stereocenters. The smallest absolute Gasteiger partial charge is 0.0898 e. The van der Waals surface area contributed by atoms with Crippen LogP contribution in [0.25, 0.3) is 0 Å². The highest BCUT2D eigenvalue weighted by Crippen LogP contribution is 2.13. The van der Waals surface area contributed by atoms with Gasteiger partial charge in [-0.15, -0.1) is 11.3 Å². The summed E-state index contributed by atoms with van der Waals surface area (Å²) < 4.78 is 5.61. The van der Waals surface area contributed by atoms with E-state index in [0.717, 1.165) is 23.2 Å². The van der Waals surface area contributed by atoms with Crippen molar-refractivity contribution in [3.63, 3.8) is 0 Å². The molecule has 0 aliphatic carbocycles. The molecule has 2 heterocycles. The number of thiazole rings is 1. The van der Waals surface area contributed by atoms with Gasteiger partial charge in [0.1, 0.15) is 0 Å². The van der Waals surface area contributed by atoms with Gasteiger partial charge < -0.3 is 10.1 Å². The van der Waals surface area contributed by atoms with Crippen molar-refractivity contribution in [2.24, 2.45) is 5.92 Å². The van der Waals surface area contributed by atoms with E-state index in [1.165, 1.54) is 25.9 Å². The average molecular weight is 226 g/mol. The summed E-state index contributed by atoms with van der Waals surface area (Å²) in [4.78, 5) is 4.36. The second kappa shape index (κ2) is 5.58. The fraction of sp³-hybridized carbons (Fsp3) is 0.727. The van der Waals surface area contributed by atoms with Crippen LogP contribution in [0.15, 0.2) is 5.38 Å². The highest BCUT2D eigenvalue weighted by atomic mass is 32.1. The lowest BCUT2D eigenvalue weighted by atomic mass is 10.1. The van der Waals surface area contributed by atoms with Crippen LogP contribution >= 0.6 is 11.3 Å². The van der Waals surface area contributed by atoms with Crippen molar-refractivity contribution in [3.05, 3.63) is 16.1 Å². The van der Waals surface area contributed by atoms with Crippen LogP contribution < -0.4 is 5.32 Å². The Kier molecular flexibility index (Phi) is 4.11. The number of aromatic nitrogens is 1. The molecule has 0 radical (unpaired) electrons. The van der Waals surface area contributed by atoms with Crippen LogP contribution in [0, 0.1) is 12.8 Å². The lowest BCUT2D eigenvalue weighted by Gasteiger charge is -2.07. The minimum atomic E-state index is 0.671. The fourth-order valence-electron chi connectivity index (χ4n) is 1.86. The van der Waals surface area contributed by atoms with Crippen molar-refractivity contribution in [2.45, 2.75) is 26.4 Å². The Labute approximate surface area is 94.9 Å². The van der Waals surface area contributed by atoms with Gasteiger partial charge in [-0.3, -0.25) is 0 Å². The van der Waals surface area contributed by atoms with Crippen LogP contribution in [0.5, 0.6) is 0 Å². The number of ether oxygens (including phenoxy) is 1. The first-order valence-corrected chi connectivity index (χ1v) is 6.42. The molecule has 84 valence electrons. The highest BCUT2D eigenvalue weighted by molar-refractivity contribution is 7.09. The monoisotopic (exact) mass is 226 g/mol. The van der Waals surface area contributed by atoms with E-state index in [0.29, 0.717) is 6.61 Å². The summed E-state index contributed by atoms with van der Waals surface area (Å²) in [6.45, 7) is 5.90. The second-order valence-electron chi connectivity index (χ2n) is 4.06. The van der Waals surface area contributed by atoms with E-state index in [2.05, 4.69) is 15.7 Å². The molecular weight excluding hydrogens is 208 g/mol. The van der Waals surface area contributed by atoms with Gasteiger partial charge in [-0.25, -0.2) is 4.98 Å². The maximum atomic E-state index is 5.61. The van der Waals surface area contributed by atoms with Crippen LogP contribution in [-0.4, -0.2) is 24.7 Å². The second-order valence-corrected chi connectivity index (χ2v) is 5.12. The van der Waals surface area contributed by atoms with Gasteiger partial charge >= 0.3 is 0 Å². The quantitative estimate of drug-likeness (QED) is 0.779. The Morgan fingerprint density at radius 1 is 1.67 bits per heavy atom. The summed E-state index contributed by atoms with van der Waals surface area (Å²) in [6.07, 6.45) is 2.48. The molecule has 1 aromatic rings. The molecule has 3 nitrogen and oxygen atoms in total. The molecule has 15 heavy (non-hydrogen) atoms. The van der Waals surface area contributed by atoms with Gasteiger partial charge in [0.15, 0.2) is 0 Å². The molecule has 4 heteroatoms. The molecule has 0 spiro atoms. The van der Waals surface area contributed by atoms with Crippen LogP contribution in [0.4, 0.5) is 0 Å². The van der Waals surface area contributed by atoms with Gasteiger partial charge in [0.2, 0.25) is 0 Å². The lowest BCUT2D eigenvalue weighted by Crippen LogP contribution is -2.10. The van der Waals surface area contributed by atoms with Gasteiger partial charge in [-0.05, 0) is 38.8 Å². The predicted molar refractivity (Wildman–Crippen MR) is 62.1 cm³/mol. The molecule has 0 saturated carbocycles. The Balaban J connectivity index is 1.58. The van der Waals surface area contributed by atoms with Crippen LogP contribution in [-0.2, 0) is 11.3 Å². The van der Waals surface area contributed by atoms with E-state index in [1.807, 2.05) is 6.92 Å². The van der Waals surface area contributed by atoms with Gasteiger partial charge in [0.05, 0.1) is 17.3 Å². The maximum absolute atomic E-state index is 5.61. The molecule has 0 bridgehead atoms. The third-order valence-corrected chi connectivity index (χ3v) is 3.57. The summed E-state index contributed by atoms with van der Waals surface area (Å²) in [5.41, 5.74) is 1.07. The number of hydrogen-bond donors (Lipinski definition) is 1. The number of nitrogens with one attached hydrogen (secondary N) is 1. The molecule has 1 N–H and O–H groups in total. The minimum Gasteiger partial charge on any atom is -0.375 e. The predicted octanol–water partition coefficient (Wildman–Crippen LogP) is 1.97. The maximum Gasteiger partial charge on any atom is 0.0898 e.